The first-order chi connectivity index (χ1) is 8.62. The molecule has 5 nitrogen and oxygen atoms in total. The van der Waals surface area contributed by atoms with Crippen LogP contribution in [0.4, 0.5) is 0 Å². The summed E-state index contributed by atoms with van der Waals surface area (Å²) in [4.78, 5) is 12.6. The molecule has 0 aliphatic heterocycles. The summed E-state index contributed by atoms with van der Waals surface area (Å²) in [5.41, 5.74) is 0.514. The highest BCUT2D eigenvalue weighted by Crippen LogP contribution is 2.24. The van der Waals surface area contributed by atoms with Crippen molar-refractivity contribution in [2.45, 2.75) is 40.0 Å². The van der Waals surface area contributed by atoms with Crippen molar-refractivity contribution in [3.05, 3.63) is 10.6 Å². The second-order valence-electron chi connectivity index (χ2n) is 4.45. The molecule has 1 aromatic heterocycles. The summed E-state index contributed by atoms with van der Waals surface area (Å²) in [6.07, 6.45) is 2.37. The number of nitrogens with one attached hydrogen (secondary N) is 1. The molecule has 1 amide bonds. The molecule has 1 rings (SSSR count). The Hall–Kier alpha value is -1.01. The number of aliphatic hydroxyl groups excluding tert-OH is 1. The van der Waals surface area contributed by atoms with Gasteiger partial charge in [-0.3, -0.25) is 4.79 Å². The number of aromatic nitrogens is 2. The first-order valence-corrected chi connectivity index (χ1v) is 7.10. The normalized spacial score (nSPS) is 11.6. The fraction of sp³-hybridized carbons (Fsp3) is 0.750. The Morgan fingerprint density at radius 3 is 2.56 bits per heavy atom. The molecule has 0 aliphatic carbocycles. The highest BCUT2D eigenvalue weighted by Gasteiger charge is 2.26. The van der Waals surface area contributed by atoms with E-state index in [2.05, 4.69) is 14.9 Å². The zero-order chi connectivity index (χ0) is 13.6. The van der Waals surface area contributed by atoms with Crippen LogP contribution in [0.2, 0.25) is 0 Å². The van der Waals surface area contributed by atoms with Gasteiger partial charge in [0.05, 0.1) is 12.3 Å². The van der Waals surface area contributed by atoms with Crippen molar-refractivity contribution in [2.24, 2.45) is 5.41 Å². The Bertz CT molecular complexity index is 380. The molecule has 102 valence electrons. The van der Waals surface area contributed by atoms with Gasteiger partial charge in [-0.15, -0.1) is 5.10 Å². The number of hydrogen-bond donors (Lipinski definition) is 2. The van der Waals surface area contributed by atoms with Gasteiger partial charge in [0.2, 0.25) is 0 Å². The Labute approximate surface area is 112 Å². The van der Waals surface area contributed by atoms with Gasteiger partial charge in [0.25, 0.3) is 5.91 Å². The molecular formula is C12H21N3O2S. The quantitative estimate of drug-likeness (QED) is 0.790. The molecule has 1 aromatic rings. The van der Waals surface area contributed by atoms with Crippen LogP contribution in [0.3, 0.4) is 0 Å². The zero-order valence-electron chi connectivity index (χ0n) is 11.2. The van der Waals surface area contributed by atoms with Crippen molar-refractivity contribution >= 4 is 17.4 Å². The molecule has 0 radical (unpaired) electrons. The van der Waals surface area contributed by atoms with Gasteiger partial charge in [0.1, 0.15) is 4.88 Å². The Balaban J connectivity index is 2.66. The van der Waals surface area contributed by atoms with E-state index in [0.717, 1.165) is 30.1 Å². The third-order valence-corrected chi connectivity index (χ3v) is 4.32. The smallest absolute Gasteiger partial charge is 0.264 e. The molecule has 0 spiro atoms. The molecule has 2 N–H and O–H groups in total. The number of rotatable bonds is 7. The molecule has 0 saturated heterocycles. The number of nitrogens with zero attached hydrogens (tertiary/aromatic N) is 2. The van der Waals surface area contributed by atoms with E-state index in [-0.39, 0.29) is 17.9 Å². The number of amides is 1. The van der Waals surface area contributed by atoms with E-state index in [1.165, 1.54) is 0 Å². The maximum absolute atomic E-state index is 12.0. The van der Waals surface area contributed by atoms with Crippen molar-refractivity contribution in [3.8, 4) is 0 Å². The largest absolute Gasteiger partial charge is 0.396 e. The van der Waals surface area contributed by atoms with Crippen LogP contribution in [0.5, 0.6) is 0 Å². The van der Waals surface area contributed by atoms with Crippen molar-refractivity contribution < 1.29 is 9.90 Å². The Morgan fingerprint density at radius 2 is 2.06 bits per heavy atom. The van der Waals surface area contributed by atoms with E-state index in [4.69, 9.17) is 0 Å². The van der Waals surface area contributed by atoms with Crippen LogP contribution in [-0.4, -0.2) is 33.8 Å². The fourth-order valence-corrected chi connectivity index (χ4v) is 2.41. The van der Waals surface area contributed by atoms with Crippen LogP contribution in [-0.2, 0) is 6.42 Å². The second kappa shape index (κ2) is 6.80. The number of aliphatic hydroxyl groups is 1. The lowest BCUT2D eigenvalue weighted by Crippen LogP contribution is -2.39. The molecule has 1 heterocycles. The van der Waals surface area contributed by atoms with Crippen molar-refractivity contribution in [3.63, 3.8) is 0 Å². The van der Waals surface area contributed by atoms with Gasteiger partial charge in [-0.05, 0) is 30.8 Å². The van der Waals surface area contributed by atoms with Crippen LogP contribution in [0.1, 0.15) is 49.0 Å². The topological polar surface area (TPSA) is 75.1 Å². The van der Waals surface area contributed by atoms with Crippen LogP contribution < -0.4 is 5.32 Å². The zero-order valence-corrected chi connectivity index (χ0v) is 12.0. The molecule has 0 unspecified atom stereocenters. The van der Waals surface area contributed by atoms with Gasteiger partial charge in [0, 0.05) is 12.0 Å². The minimum atomic E-state index is -0.222. The molecule has 0 bridgehead atoms. The van der Waals surface area contributed by atoms with Crippen LogP contribution in [0.25, 0.3) is 0 Å². The monoisotopic (exact) mass is 271 g/mol. The molecule has 18 heavy (non-hydrogen) atoms. The Morgan fingerprint density at radius 1 is 1.39 bits per heavy atom. The van der Waals surface area contributed by atoms with Gasteiger partial charge >= 0.3 is 0 Å². The van der Waals surface area contributed by atoms with E-state index < -0.39 is 0 Å². The predicted molar refractivity (Wildman–Crippen MR) is 71.7 cm³/mol. The Kier molecular flexibility index (Phi) is 5.68. The van der Waals surface area contributed by atoms with E-state index in [9.17, 15) is 9.90 Å². The lowest BCUT2D eigenvalue weighted by Gasteiger charge is -2.29. The van der Waals surface area contributed by atoms with Crippen LogP contribution >= 0.6 is 11.5 Å². The van der Waals surface area contributed by atoms with Gasteiger partial charge in [-0.1, -0.05) is 25.3 Å². The molecule has 0 aromatic carbocycles. The summed E-state index contributed by atoms with van der Waals surface area (Å²) in [5.74, 6) is -0.137. The summed E-state index contributed by atoms with van der Waals surface area (Å²) in [6, 6.07) is 0. The van der Waals surface area contributed by atoms with Crippen LogP contribution in [0, 0.1) is 5.41 Å². The van der Waals surface area contributed by atoms with Gasteiger partial charge in [-0.25, -0.2) is 0 Å². The number of carbonyl (C=O) groups excluding carboxylic acids is 1. The summed E-state index contributed by atoms with van der Waals surface area (Å²) < 4.78 is 3.80. The average Bonchev–Trinajstić information content (AvgIpc) is 2.89. The summed E-state index contributed by atoms with van der Waals surface area (Å²) >= 11 is 1.12. The minimum Gasteiger partial charge on any atom is -0.396 e. The van der Waals surface area contributed by atoms with Gasteiger partial charge in [0.15, 0.2) is 0 Å². The molecule has 0 fully saturated rings. The summed E-state index contributed by atoms with van der Waals surface area (Å²) in [7, 11) is 0. The maximum Gasteiger partial charge on any atom is 0.264 e. The van der Waals surface area contributed by atoms with E-state index >= 15 is 0 Å². The fourth-order valence-electron chi connectivity index (χ4n) is 1.74. The third-order valence-electron chi connectivity index (χ3n) is 3.56. The van der Waals surface area contributed by atoms with E-state index in [0.29, 0.717) is 17.8 Å². The standard InChI is InChI=1S/C12H21N3O2S/c1-4-9-10(18-15-14-9)11(17)13-7-12(5-2,6-3)8-16/h16H,4-8H2,1-3H3,(H,13,17). The summed E-state index contributed by atoms with van der Waals surface area (Å²) in [6.45, 7) is 6.57. The molecular weight excluding hydrogens is 250 g/mol. The van der Waals surface area contributed by atoms with Crippen molar-refractivity contribution in [2.75, 3.05) is 13.2 Å². The molecule has 0 aliphatic rings. The third kappa shape index (κ3) is 3.26. The average molecular weight is 271 g/mol. The molecule has 0 atom stereocenters. The van der Waals surface area contributed by atoms with Gasteiger partial charge in [-0.2, -0.15) is 0 Å². The highest BCUT2D eigenvalue weighted by molar-refractivity contribution is 7.08. The van der Waals surface area contributed by atoms with Crippen molar-refractivity contribution in [1.29, 1.82) is 0 Å². The lowest BCUT2D eigenvalue weighted by atomic mass is 9.83. The van der Waals surface area contributed by atoms with E-state index in [1.54, 1.807) is 0 Å². The van der Waals surface area contributed by atoms with E-state index in [1.807, 2.05) is 20.8 Å². The lowest BCUT2D eigenvalue weighted by molar-refractivity contribution is 0.0853. The van der Waals surface area contributed by atoms with Crippen molar-refractivity contribution in [1.82, 2.24) is 14.9 Å². The second-order valence-corrected chi connectivity index (χ2v) is 5.20. The maximum atomic E-state index is 12.0. The number of aryl methyl sites for hydroxylation is 1. The molecule has 0 saturated carbocycles. The SMILES string of the molecule is CCc1nnsc1C(=O)NCC(CC)(CC)CO. The first-order valence-electron chi connectivity index (χ1n) is 6.32. The number of carbonyl (C=O) groups is 1. The van der Waals surface area contributed by atoms with Gasteiger partial charge < -0.3 is 10.4 Å². The van der Waals surface area contributed by atoms with Crippen LogP contribution in [0.15, 0.2) is 0 Å². The predicted octanol–water partition coefficient (Wildman–Crippen LogP) is 1.63. The highest BCUT2D eigenvalue weighted by atomic mass is 32.1. The molecule has 6 heteroatoms. The first kappa shape index (κ1) is 15.0. The number of hydrogen-bond acceptors (Lipinski definition) is 5. The summed E-state index contributed by atoms with van der Waals surface area (Å²) in [5, 5.41) is 16.3. The minimum absolute atomic E-state index is 0.0852.